The summed E-state index contributed by atoms with van der Waals surface area (Å²) in [5, 5.41) is 17.8. The van der Waals surface area contributed by atoms with Crippen LogP contribution in [0, 0.1) is 0 Å². The Bertz CT molecular complexity index is 638. The zero-order valence-electron chi connectivity index (χ0n) is 13.2. The van der Waals surface area contributed by atoms with Crippen LogP contribution in [0.15, 0.2) is 33.8 Å². The lowest BCUT2D eigenvalue weighted by Gasteiger charge is -2.13. The van der Waals surface area contributed by atoms with E-state index in [1.807, 2.05) is 13.8 Å². The van der Waals surface area contributed by atoms with E-state index in [-0.39, 0.29) is 5.91 Å². The number of aryl methyl sites for hydroxylation is 1. The Morgan fingerprint density at radius 3 is 2.65 bits per heavy atom. The normalized spacial score (nSPS) is 12.0. The van der Waals surface area contributed by atoms with Crippen LogP contribution in [0.3, 0.4) is 0 Å². The first-order valence-corrected chi connectivity index (χ1v) is 8.16. The van der Waals surface area contributed by atoms with Crippen LogP contribution in [0.25, 0.3) is 0 Å². The molecule has 0 saturated heterocycles. The highest BCUT2D eigenvalue weighted by Crippen LogP contribution is 2.28. The third-order valence-corrected chi connectivity index (χ3v) is 4.55. The molecule has 1 amide bonds. The molecule has 1 aromatic heterocycles. The van der Waals surface area contributed by atoms with Gasteiger partial charge in [-0.15, -0.1) is 0 Å². The Morgan fingerprint density at radius 2 is 2.13 bits per heavy atom. The number of aromatic nitrogens is 2. The van der Waals surface area contributed by atoms with Gasteiger partial charge in [0.2, 0.25) is 5.91 Å². The van der Waals surface area contributed by atoms with E-state index >= 15 is 0 Å². The van der Waals surface area contributed by atoms with Gasteiger partial charge in [-0.05, 0) is 49.4 Å². The number of benzene rings is 1. The van der Waals surface area contributed by atoms with Crippen molar-refractivity contribution in [3.8, 4) is 11.7 Å². The maximum atomic E-state index is 12.4. The van der Waals surface area contributed by atoms with Gasteiger partial charge in [0.25, 0.3) is 5.03 Å². The monoisotopic (exact) mass is 337 g/mol. The molecule has 2 rings (SSSR count). The standard InChI is InChI=1S/C15H19N3O4S/c1-4-12(23-14-15(20)22-17-18(14)3)13(19)16-10-6-8-11(9-7-10)21-5-2/h6-9,12H,4-5H2,1-3H3,(H-,16,17,19,20). The van der Waals surface area contributed by atoms with Crippen LogP contribution >= 0.6 is 11.8 Å². The highest BCUT2D eigenvalue weighted by molar-refractivity contribution is 8.00. The molecule has 1 aromatic carbocycles. The van der Waals surface area contributed by atoms with Crippen LogP contribution in [-0.4, -0.2) is 23.0 Å². The van der Waals surface area contributed by atoms with Crippen LogP contribution in [0.1, 0.15) is 20.3 Å². The molecule has 0 aliphatic carbocycles. The van der Waals surface area contributed by atoms with E-state index in [2.05, 4.69) is 15.1 Å². The summed E-state index contributed by atoms with van der Waals surface area (Å²) < 4.78 is 11.3. The van der Waals surface area contributed by atoms with Gasteiger partial charge in [0.05, 0.1) is 17.1 Å². The largest absolute Gasteiger partial charge is 0.538 e. The highest BCUT2D eigenvalue weighted by Gasteiger charge is 2.25. The highest BCUT2D eigenvalue weighted by atomic mass is 32.2. The number of hydrogen-bond acceptors (Lipinski definition) is 6. The molecule has 2 aromatic rings. The van der Waals surface area contributed by atoms with Crippen molar-refractivity contribution >= 4 is 23.4 Å². The van der Waals surface area contributed by atoms with Crippen molar-refractivity contribution in [3.63, 3.8) is 0 Å². The second kappa shape index (κ2) is 7.87. The number of hydrogen-bond donors (Lipinski definition) is 1. The van der Waals surface area contributed by atoms with E-state index in [4.69, 9.17) is 4.74 Å². The summed E-state index contributed by atoms with van der Waals surface area (Å²) in [5.41, 5.74) is 0.676. The smallest absolute Gasteiger partial charge is 0.291 e. The Morgan fingerprint density at radius 1 is 1.43 bits per heavy atom. The number of amides is 1. The molecule has 0 aliphatic rings. The van der Waals surface area contributed by atoms with E-state index < -0.39 is 11.2 Å². The topological polar surface area (TPSA) is 91.3 Å². The van der Waals surface area contributed by atoms with Gasteiger partial charge in [0, 0.05) is 5.69 Å². The SMILES string of the molecule is CCOc1ccc(NC(=O)C(CC)Sc2c([O-])on[n+]2C)cc1. The molecule has 23 heavy (non-hydrogen) atoms. The Balaban J connectivity index is 2.02. The van der Waals surface area contributed by atoms with Gasteiger partial charge < -0.3 is 19.7 Å². The zero-order chi connectivity index (χ0) is 16.8. The van der Waals surface area contributed by atoms with Gasteiger partial charge in [0.1, 0.15) is 5.75 Å². The van der Waals surface area contributed by atoms with E-state index in [9.17, 15) is 9.90 Å². The lowest BCUT2D eigenvalue weighted by atomic mass is 10.2. The molecule has 1 heterocycles. The molecule has 0 saturated carbocycles. The number of nitrogens with one attached hydrogen (secondary N) is 1. The molecule has 1 atom stereocenters. The van der Waals surface area contributed by atoms with Crippen molar-refractivity contribution in [1.29, 1.82) is 0 Å². The maximum Gasteiger partial charge on any atom is 0.291 e. The third-order valence-electron chi connectivity index (χ3n) is 3.06. The van der Waals surface area contributed by atoms with Gasteiger partial charge >= 0.3 is 0 Å². The number of thioether (sulfide) groups is 1. The summed E-state index contributed by atoms with van der Waals surface area (Å²) in [4.78, 5) is 12.4. The van der Waals surface area contributed by atoms with Crippen molar-refractivity contribution in [3.05, 3.63) is 24.3 Å². The molecule has 0 radical (unpaired) electrons. The number of rotatable bonds is 7. The lowest BCUT2D eigenvalue weighted by Crippen LogP contribution is -2.34. The van der Waals surface area contributed by atoms with Gasteiger partial charge in [-0.3, -0.25) is 4.79 Å². The number of ether oxygens (including phenoxy) is 1. The summed E-state index contributed by atoms with van der Waals surface area (Å²) in [6, 6.07) is 7.14. The molecule has 124 valence electrons. The van der Waals surface area contributed by atoms with Crippen LogP contribution in [0.5, 0.6) is 11.7 Å². The molecule has 1 N–H and O–H groups in total. The summed E-state index contributed by atoms with van der Waals surface area (Å²) >= 11 is 1.14. The molecular weight excluding hydrogens is 318 g/mol. The fourth-order valence-electron chi connectivity index (χ4n) is 1.91. The number of carbonyl (C=O) groups excluding carboxylic acids is 1. The minimum atomic E-state index is -0.537. The van der Waals surface area contributed by atoms with Crippen LogP contribution < -0.4 is 19.8 Å². The van der Waals surface area contributed by atoms with Crippen molar-refractivity contribution in [2.75, 3.05) is 11.9 Å². The number of nitrogens with zero attached hydrogens (tertiary/aromatic N) is 2. The summed E-state index contributed by atoms with van der Waals surface area (Å²) in [6.07, 6.45) is 0.568. The van der Waals surface area contributed by atoms with Gasteiger partial charge in [-0.25, -0.2) is 0 Å². The lowest BCUT2D eigenvalue weighted by molar-refractivity contribution is -0.772. The first-order chi connectivity index (χ1) is 11.0. The van der Waals surface area contributed by atoms with Gasteiger partial charge in [-0.2, -0.15) is 0 Å². The molecule has 0 spiro atoms. The minimum Gasteiger partial charge on any atom is -0.538 e. The van der Waals surface area contributed by atoms with Gasteiger partial charge in [-0.1, -0.05) is 11.6 Å². The first-order valence-electron chi connectivity index (χ1n) is 7.28. The molecule has 0 bridgehead atoms. The number of anilines is 1. The molecular formula is C15H19N3O4S. The van der Waals surface area contributed by atoms with Crippen molar-refractivity contribution < 1.29 is 23.8 Å². The average molecular weight is 337 g/mol. The summed E-state index contributed by atoms with van der Waals surface area (Å²) in [6.45, 7) is 4.38. The van der Waals surface area contributed by atoms with E-state index in [1.165, 1.54) is 4.68 Å². The van der Waals surface area contributed by atoms with Crippen molar-refractivity contribution in [2.24, 2.45) is 7.05 Å². The van der Waals surface area contributed by atoms with E-state index in [0.29, 0.717) is 23.7 Å². The van der Waals surface area contributed by atoms with Crippen molar-refractivity contribution in [2.45, 2.75) is 30.5 Å². The Labute approximate surface area is 138 Å². The molecule has 1 unspecified atom stereocenters. The Kier molecular flexibility index (Phi) is 5.86. The molecule has 0 aliphatic heterocycles. The maximum absolute atomic E-state index is 12.4. The Hall–Kier alpha value is -2.22. The third kappa shape index (κ3) is 4.38. The van der Waals surface area contributed by atoms with Crippen LogP contribution in [-0.2, 0) is 11.8 Å². The van der Waals surface area contributed by atoms with E-state index in [0.717, 1.165) is 17.5 Å². The van der Waals surface area contributed by atoms with E-state index in [1.54, 1.807) is 31.3 Å². The molecule has 0 fully saturated rings. The summed E-state index contributed by atoms with van der Waals surface area (Å²) in [5.74, 6) is 0.0338. The molecule has 8 heteroatoms. The predicted molar refractivity (Wildman–Crippen MR) is 83.3 cm³/mol. The predicted octanol–water partition coefficient (Wildman–Crippen LogP) is 1.48. The minimum absolute atomic E-state index is 0.178. The molecule has 7 nitrogen and oxygen atoms in total. The second-order valence-corrected chi connectivity index (χ2v) is 5.94. The second-order valence-electron chi connectivity index (χ2n) is 4.75. The number of carbonyl (C=O) groups is 1. The van der Waals surface area contributed by atoms with Gasteiger partial charge in [0.15, 0.2) is 13.0 Å². The quantitative estimate of drug-likeness (QED) is 0.608. The van der Waals surface area contributed by atoms with Crippen LogP contribution in [0.2, 0.25) is 0 Å². The zero-order valence-corrected chi connectivity index (χ0v) is 14.1. The fraction of sp³-hybridized carbons (Fsp3) is 0.400. The van der Waals surface area contributed by atoms with Crippen LogP contribution in [0.4, 0.5) is 5.69 Å². The summed E-state index contributed by atoms with van der Waals surface area (Å²) in [7, 11) is 1.60. The average Bonchev–Trinajstić information content (AvgIpc) is 2.86. The van der Waals surface area contributed by atoms with Crippen molar-refractivity contribution in [1.82, 2.24) is 5.27 Å². The first kappa shape index (κ1) is 17.1. The fourth-order valence-corrected chi connectivity index (χ4v) is 2.83.